The molecule has 2 heteroatoms. The minimum atomic E-state index is 0.147. The van der Waals surface area contributed by atoms with Gasteiger partial charge in [0.1, 0.15) is 0 Å². The van der Waals surface area contributed by atoms with Crippen molar-refractivity contribution < 1.29 is 4.79 Å². The Labute approximate surface area is 120 Å². The summed E-state index contributed by atoms with van der Waals surface area (Å²) in [5.41, 5.74) is 4.17. The lowest BCUT2D eigenvalue weighted by Gasteiger charge is -2.14. The highest BCUT2D eigenvalue weighted by atomic mass is 16.1. The summed E-state index contributed by atoms with van der Waals surface area (Å²) in [5.74, 6) is 0.147. The van der Waals surface area contributed by atoms with Gasteiger partial charge in [-0.2, -0.15) is 0 Å². The van der Waals surface area contributed by atoms with Crippen LogP contribution in [0.25, 0.3) is 0 Å². The van der Waals surface area contributed by atoms with Gasteiger partial charge >= 0.3 is 0 Å². The summed E-state index contributed by atoms with van der Waals surface area (Å²) in [5, 5.41) is 3.29. The highest BCUT2D eigenvalue weighted by molar-refractivity contribution is 5.99. The van der Waals surface area contributed by atoms with Gasteiger partial charge in [0.25, 0.3) is 0 Å². The minimum absolute atomic E-state index is 0.147. The van der Waals surface area contributed by atoms with Crippen LogP contribution in [0.15, 0.2) is 48.5 Å². The Morgan fingerprint density at radius 2 is 1.80 bits per heavy atom. The summed E-state index contributed by atoms with van der Waals surface area (Å²) in [7, 11) is 0. The molecule has 104 valence electrons. The molecule has 0 heterocycles. The molecule has 20 heavy (non-hydrogen) atoms. The molecule has 0 radical (unpaired) electrons. The van der Waals surface area contributed by atoms with Crippen LogP contribution >= 0.6 is 0 Å². The van der Waals surface area contributed by atoms with Crippen molar-refractivity contribution in [1.29, 1.82) is 0 Å². The SMILES string of the molecule is Cc1ccc(C)c(C(=O)CNC(C)c2ccccc2)c1. The van der Waals surface area contributed by atoms with Crippen LogP contribution in [0.3, 0.4) is 0 Å². The predicted molar refractivity (Wildman–Crippen MR) is 83.1 cm³/mol. The number of carbonyl (C=O) groups is 1. The Hall–Kier alpha value is -1.93. The van der Waals surface area contributed by atoms with Gasteiger partial charge in [0.15, 0.2) is 5.78 Å². The van der Waals surface area contributed by atoms with Crippen molar-refractivity contribution in [3.8, 4) is 0 Å². The largest absolute Gasteiger partial charge is 0.303 e. The van der Waals surface area contributed by atoms with Crippen molar-refractivity contribution in [2.75, 3.05) is 6.54 Å². The second kappa shape index (κ2) is 6.49. The van der Waals surface area contributed by atoms with E-state index in [1.54, 1.807) is 0 Å². The van der Waals surface area contributed by atoms with Gasteiger partial charge in [-0.05, 0) is 38.0 Å². The zero-order chi connectivity index (χ0) is 14.5. The van der Waals surface area contributed by atoms with E-state index in [0.717, 1.165) is 16.7 Å². The molecule has 2 aromatic carbocycles. The summed E-state index contributed by atoms with van der Waals surface area (Å²) >= 11 is 0. The van der Waals surface area contributed by atoms with E-state index in [1.807, 2.05) is 50.2 Å². The van der Waals surface area contributed by atoms with Crippen LogP contribution in [-0.4, -0.2) is 12.3 Å². The molecule has 1 unspecified atom stereocenters. The lowest BCUT2D eigenvalue weighted by atomic mass is 10.0. The number of rotatable bonds is 5. The molecule has 0 saturated carbocycles. The van der Waals surface area contributed by atoms with E-state index in [9.17, 15) is 4.79 Å². The first-order chi connectivity index (χ1) is 9.58. The maximum atomic E-state index is 12.3. The predicted octanol–water partition coefficient (Wildman–Crippen LogP) is 3.84. The van der Waals surface area contributed by atoms with E-state index in [4.69, 9.17) is 0 Å². The van der Waals surface area contributed by atoms with Crippen LogP contribution in [0.5, 0.6) is 0 Å². The third-order valence-electron chi connectivity index (χ3n) is 3.56. The fraction of sp³-hybridized carbons (Fsp3) is 0.278. The Bertz CT molecular complexity index is 590. The zero-order valence-electron chi connectivity index (χ0n) is 12.3. The normalized spacial score (nSPS) is 12.2. The van der Waals surface area contributed by atoms with E-state index in [2.05, 4.69) is 24.4 Å². The first-order valence-corrected chi connectivity index (χ1v) is 6.96. The van der Waals surface area contributed by atoms with Gasteiger partial charge < -0.3 is 5.32 Å². The second-order valence-corrected chi connectivity index (χ2v) is 5.25. The third kappa shape index (κ3) is 3.55. The number of nitrogens with one attached hydrogen (secondary N) is 1. The molecular weight excluding hydrogens is 246 g/mol. The fourth-order valence-corrected chi connectivity index (χ4v) is 2.24. The molecule has 2 nitrogen and oxygen atoms in total. The maximum Gasteiger partial charge on any atom is 0.176 e. The lowest BCUT2D eigenvalue weighted by molar-refractivity contribution is 0.0987. The van der Waals surface area contributed by atoms with E-state index < -0.39 is 0 Å². The highest BCUT2D eigenvalue weighted by Crippen LogP contribution is 2.13. The molecule has 0 amide bonds. The van der Waals surface area contributed by atoms with Crippen molar-refractivity contribution in [3.05, 3.63) is 70.8 Å². The maximum absolute atomic E-state index is 12.3. The van der Waals surface area contributed by atoms with Gasteiger partial charge in [0, 0.05) is 11.6 Å². The zero-order valence-corrected chi connectivity index (χ0v) is 12.3. The van der Waals surface area contributed by atoms with Gasteiger partial charge in [-0.15, -0.1) is 0 Å². The Morgan fingerprint density at radius 3 is 2.50 bits per heavy atom. The molecule has 0 saturated heterocycles. The molecule has 0 aliphatic carbocycles. The third-order valence-corrected chi connectivity index (χ3v) is 3.56. The van der Waals surface area contributed by atoms with Gasteiger partial charge in [-0.25, -0.2) is 0 Å². The topological polar surface area (TPSA) is 29.1 Å². The Morgan fingerprint density at radius 1 is 1.10 bits per heavy atom. The van der Waals surface area contributed by atoms with Gasteiger partial charge in [0.2, 0.25) is 0 Å². The van der Waals surface area contributed by atoms with Crippen molar-refractivity contribution >= 4 is 5.78 Å². The lowest BCUT2D eigenvalue weighted by Crippen LogP contribution is -2.26. The number of Topliss-reactive ketones (excluding diaryl/α,β-unsaturated/α-hetero) is 1. The van der Waals surface area contributed by atoms with Crippen molar-refractivity contribution in [1.82, 2.24) is 5.32 Å². The molecule has 2 rings (SSSR count). The summed E-state index contributed by atoms with van der Waals surface area (Å²) in [6, 6.07) is 16.3. The van der Waals surface area contributed by atoms with Crippen LogP contribution in [-0.2, 0) is 0 Å². The number of hydrogen-bond donors (Lipinski definition) is 1. The fourth-order valence-electron chi connectivity index (χ4n) is 2.24. The molecular formula is C18H21NO. The Balaban J connectivity index is 2.00. The molecule has 1 atom stereocenters. The molecule has 1 N–H and O–H groups in total. The monoisotopic (exact) mass is 267 g/mol. The van der Waals surface area contributed by atoms with E-state index in [-0.39, 0.29) is 11.8 Å². The summed E-state index contributed by atoms with van der Waals surface area (Å²) in [6.07, 6.45) is 0. The van der Waals surface area contributed by atoms with Gasteiger partial charge in [0.05, 0.1) is 6.54 Å². The van der Waals surface area contributed by atoms with Crippen LogP contribution in [0, 0.1) is 13.8 Å². The molecule has 0 aromatic heterocycles. The van der Waals surface area contributed by atoms with Crippen LogP contribution in [0.1, 0.15) is 40.0 Å². The van der Waals surface area contributed by atoms with E-state index in [0.29, 0.717) is 6.54 Å². The molecule has 0 bridgehead atoms. The molecule has 0 aliphatic rings. The smallest absolute Gasteiger partial charge is 0.176 e. The molecule has 0 fully saturated rings. The minimum Gasteiger partial charge on any atom is -0.303 e. The van der Waals surface area contributed by atoms with E-state index in [1.165, 1.54) is 5.56 Å². The highest BCUT2D eigenvalue weighted by Gasteiger charge is 2.11. The van der Waals surface area contributed by atoms with Crippen LogP contribution in [0.2, 0.25) is 0 Å². The number of aryl methyl sites for hydroxylation is 2. The number of benzene rings is 2. The van der Waals surface area contributed by atoms with Crippen molar-refractivity contribution in [2.24, 2.45) is 0 Å². The standard InChI is InChI=1S/C18H21NO/c1-13-9-10-14(2)17(11-13)18(20)12-19-15(3)16-7-5-4-6-8-16/h4-11,15,19H,12H2,1-3H3. The molecule has 0 aliphatic heterocycles. The summed E-state index contributed by atoms with van der Waals surface area (Å²) < 4.78 is 0. The summed E-state index contributed by atoms with van der Waals surface area (Å²) in [4.78, 5) is 12.3. The van der Waals surface area contributed by atoms with Crippen LogP contribution < -0.4 is 5.32 Å². The van der Waals surface area contributed by atoms with Crippen molar-refractivity contribution in [3.63, 3.8) is 0 Å². The second-order valence-electron chi connectivity index (χ2n) is 5.25. The molecule has 2 aromatic rings. The van der Waals surface area contributed by atoms with Crippen molar-refractivity contribution in [2.45, 2.75) is 26.8 Å². The first-order valence-electron chi connectivity index (χ1n) is 6.96. The Kier molecular flexibility index (Phi) is 4.70. The number of hydrogen-bond acceptors (Lipinski definition) is 2. The van der Waals surface area contributed by atoms with Crippen LogP contribution in [0.4, 0.5) is 0 Å². The average Bonchev–Trinajstić information content (AvgIpc) is 2.47. The molecule has 0 spiro atoms. The first kappa shape index (κ1) is 14.5. The van der Waals surface area contributed by atoms with Gasteiger partial charge in [-0.3, -0.25) is 4.79 Å². The summed E-state index contributed by atoms with van der Waals surface area (Å²) in [6.45, 7) is 6.43. The quantitative estimate of drug-likeness (QED) is 0.834. The average molecular weight is 267 g/mol. The van der Waals surface area contributed by atoms with E-state index >= 15 is 0 Å². The number of ketones is 1. The van der Waals surface area contributed by atoms with Gasteiger partial charge in [-0.1, -0.05) is 48.0 Å². The number of carbonyl (C=O) groups excluding carboxylic acids is 1.